The molecule has 5 nitrogen and oxygen atoms in total. The van der Waals surface area contributed by atoms with Gasteiger partial charge in [0.1, 0.15) is 5.82 Å². The van der Waals surface area contributed by atoms with Crippen molar-refractivity contribution in [1.82, 2.24) is 4.72 Å². The van der Waals surface area contributed by atoms with Crippen molar-refractivity contribution in [3.63, 3.8) is 0 Å². The topological polar surface area (TPSA) is 75.3 Å². The maximum atomic E-state index is 14.3. The molecule has 0 bridgehead atoms. The van der Waals surface area contributed by atoms with Crippen molar-refractivity contribution in [3.05, 3.63) is 94.8 Å². The molecule has 3 aromatic carbocycles. The van der Waals surface area contributed by atoms with Gasteiger partial charge in [0.25, 0.3) is 5.91 Å². The number of hydrogen-bond donors (Lipinski definition) is 2. The van der Waals surface area contributed by atoms with E-state index in [1.54, 1.807) is 12.1 Å². The standard InChI is InChI=1S/C23H23FN2O3S/c1-3-18-6-4-5-7-22(18)26-23(27)20-14-19(12-13-21(20)24)30(28,29)25-15-17-10-8-16(2)9-11-17/h4-14,25H,3,15H2,1-2H3,(H,26,27). The molecule has 0 radical (unpaired) electrons. The summed E-state index contributed by atoms with van der Waals surface area (Å²) in [4.78, 5) is 12.5. The van der Waals surface area contributed by atoms with Gasteiger partial charge in [0.15, 0.2) is 0 Å². The molecule has 30 heavy (non-hydrogen) atoms. The van der Waals surface area contributed by atoms with Gasteiger partial charge in [-0.2, -0.15) is 0 Å². The molecule has 0 spiro atoms. The van der Waals surface area contributed by atoms with Gasteiger partial charge in [0.05, 0.1) is 10.5 Å². The minimum absolute atomic E-state index is 0.0887. The molecule has 0 aliphatic rings. The van der Waals surface area contributed by atoms with E-state index in [0.29, 0.717) is 12.1 Å². The lowest BCUT2D eigenvalue weighted by molar-refractivity contribution is 0.102. The Morgan fingerprint density at radius 2 is 1.70 bits per heavy atom. The van der Waals surface area contributed by atoms with E-state index in [1.165, 1.54) is 0 Å². The van der Waals surface area contributed by atoms with Gasteiger partial charge in [-0.25, -0.2) is 17.5 Å². The molecule has 0 atom stereocenters. The number of benzene rings is 3. The zero-order valence-corrected chi connectivity index (χ0v) is 17.6. The lowest BCUT2D eigenvalue weighted by atomic mass is 10.1. The van der Waals surface area contributed by atoms with E-state index >= 15 is 0 Å². The second-order valence-electron chi connectivity index (χ2n) is 6.92. The number of hydrogen-bond acceptors (Lipinski definition) is 3. The molecule has 0 aliphatic carbocycles. The molecule has 0 aromatic heterocycles. The Balaban J connectivity index is 1.81. The largest absolute Gasteiger partial charge is 0.322 e. The average Bonchev–Trinajstić information content (AvgIpc) is 2.74. The van der Waals surface area contributed by atoms with E-state index in [2.05, 4.69) is 10.0 Å². The summed E-state index contributed by atoms with van der Waals surface area (Å²) in [5.74, 6) is -1.50. The van der Waals surface area contributed by atoms with Crippen LogP contribution in [0.15, 0.2) is 71.6 Å². The van der Waals surface area contributed by atoms with E-state index in [-0.39, 0.29) is 17.0 Å². The summed E-state index contributed by atoms with van der Waals surface area (Å²) in [5.41, 5.74) is 2.99. The highest BCUT2D eigenvalue weighted by atomic mass is 32.2. The number of nitrogens with one attached hydrogen (secondary N) is 2. The van der Waals surface area contributed by atoms with E-state index < -0.39 is 21.7 Å². The average molecular weight is 427 g/mol. The number of sulfonamides is 1. The Bertz CT molecular complexity index is 1160. The molecule has 0 heterocycles. The van der Waals surface area contributed by atoms with Crippen LogP contribution in [0.25, 0.3) is 0 Å². The van der Waals surface area contributed by atoms with Gasteiger partial charge < -0.3 is 5.32 Å². The van der Waals surface area contributed by atoms with Gasteiger partial charge in [0.2, 0.25) is 10.0 Å². The summed E-state index contributed by atoms with van der Waals surface area (Å²) in [5, 5.41) is 2.67. The van der Waals surface area contributed by atoms with Crippen LogP contribution in [0.1, 0.15) is 34.0 Å². The fraction of sp³-hybridized carbons (Fsp3) is 0.174. The highest BCUT2D eigenvalue weighted by Gasteiger charge is 2.20. The minimum Gasteiger partial charge on any atom is -0.322 e. The molecular weight excluding hydrogens is 403 g/mol. The zero-order chi connectivity index (χ0) is 21.7. The lowest BCUT2D eigenvalue weighted by Gasteiger charge is -2.12. The van der Waals surface area contributed by atoms with Gasteiger partial charge >= 0.3 is 0 Å². The highest BCUT2D eigenvalue weighted by Crippen LogP contribution is 2.20. The molecule has 1 amide bonds. The van der Waals surface area contributed by atoms with E-state index in [9.17, 15) is 17.6 Å². The summed E-state index contributed by atoms with van der Waals surface area (Å²) in [7, 11) is -3.92. The molecular formula is C23H23FN2O3S. The summed E-state index contributed by atoms with van der Waals surface area (Å²) in [6, 6.07) is 17.8. The molecule has 7 heteroatoms. The first-order chi connectivity index (χ1) is 14.3. The van der Waals surface area contributed by atoms with Crippen LogP contribution in [0.5, 0.6) is 0 Å². The minimum atomic E-state index is -3.92. The predicted molar refractivity (Wildman–Crippen MR) is 115 cm³/mol. The summed E-state index contributed by atoms with van der Waals surface area (Å²) >= 11 is 0. The van der Waals surface area contributed by atoms with Crippen LogP contribution in [-0.4, -0.2) is 14.3 Å². The maximum absolute atomic E-state index is 14.3. The Hall–Kier alpha value is -3.03. The van der Waals surface area contributed by atoms with Crippen LogP contribution in [0.2, 0.25) is 0 Å². The van der Waals surface area contributed by atoms with Gasteiger partial charge in [0, 0.05) is 12.2 Å². The fourth-order valence-electron chi connectivity index (χ4n) is 2.95. The number of para-hydroxylation sites is 1. The van der Waals surface area contributed by atoms with Crippen molar-refractivity contribution in [2.75, 3.05) is 5.32 Å². The second kappa shape index (κ2) is 9.19. The smallest absolute Gasteiger partial charge is 0.258 e. The highest BCUT2D eigenvalue weighted by molar-refractivity contribution is 7.89. The monoisotopic (exact) mass is 426 g/mol. The maximum Gasteiger partial charge on any atom is 0.258 e. The van der Waals surface area contributed by atoms with Gasteiger partial charge in [-0.15, -0.1) is 0 Å². The van der Waals surface area contributed by atoms with E-state index in [1.807, 2.05) is 50.2 Å². The van der Waals surface area contributed by atoms with Crippen LogP contribution in [0.3, 0.4) is 0 Å². The van der Waals surface area contributed by atoms with Crippen LogP contribution in [0, 0.1) is 12.7 Å². The van der Waals surface area contributed by atoms with Crippen molar-refractivity contribution >= 4 is 21.6 Å². The number of carbonyl (C=O) groups excluding carboxylic acids is 1. The van der Waals surface area contributed by atoms with E-state index in [0.717, 1.165) is 34.9 Å². The fourth-order valence-corrected chi connectivity index (χ4v) is 4.00. The second-order valence-corrected chi connectivity index (χ2v) is 8.68. The molecule has 0 saturated heterocycles. The van der Waals surface area contributed by atoms with Crippen molar-refractivity contribution < 1.29 is 17.6 Å². The molecule has 156 valence electrons. The van der Waals surface area contributed by atoms with Crippen molar-refractivity contribution in [3.8, 4) is 0 Å². The third kappa shape index (κ3) is 5.11. The first-order valence-electron chi connectivity index (χ1n) is 9.54. The van der Waals surface area contributed by atoms with Crippen molar-refractivity contribution in [2.24, 2.45) is 0 Å². The van der Waals surface area contributed by atoms with Gasteiger partial charge in [-0.05, 0) is 48.7 Å². The SMILES string of the molecule is CCc1ccccc1NC(=O)c1cc(S(=O)(=O)NCc2ccc(C)cc2)ccc1F. The van der Waals surface area contributed by atoms with Crippen LogP contribution in [0.4, 0.5) is 10.1 Å². The van der Waals surface area contributed by atoms with Crippen molar-refractivity contribution in [1.29, 1.82) is 0 Å². The number of rotatable bonds is 7. The number of aryl methyl sites for hydroxylation is 2. The molecule has 3 aromatic rings. The molecule has 0 unspecified atom stereocenters. The van der Waals surface area contributed by atoms with E-state index in [4.69, 9.17) is 0 Å². The molecule has 3 rings (SSSR count). The molecule has 0 fully saturated rings. The Kier molecular flexibility index (Phi) is 6.64. The van der Waals surface area contributed by atoms with Crippen LogP contribution >= 0.6 is 0 Å². The Morgan fingerprint density at radius 3 is 2.40 bits per heavy atom. The normalized spacial score (nSPS) is 11.3. The third-order valence-electron chi connectivity index (χ3n) is 4.73. The van der Waals surface area contributed by atoms with Crippen LogP contribution in [-0.2, 0) is 23.0 Å². The summed E-state index contributed by atoms with van der Waals surface area (Å²) < 4.78 is 42.1. The van der Waals surface area contributed by atoms with Gasteiger partial charge in [-0.3, -0.25) is 4.79 Å². The first kappa shape index (κ1) is 21.7. The molecule has 0 saturated carbocycles. The Labute approximate surface area is 176 Å². The number of anilines is 1. The van der Waals surface area contributed by atoms with Gasteiger partial charge in [-0.1, -0.05) is 55.0 Å². The third-order valence-corrected chi connectivity index (χ3v) is 6.13. The quantitative estimate of drug-likeness (QED) is 0.587. The summed E-state index contributed by atoms with van der Waals surface area (Å²) in [6.07, 6.45) is 0.691. The molecule has 2 N–H and O–H groups in total. The Morgan fingerprint density at radius 1 is 1.00 bits per heavy atom. The number of carbonyl (C=O) groups is 1. The molecule has 0 aliphatic heterocycles. The predicted octanol–water partition coefficient (Wildman–Crippen LogP) is 4.43. The summed E-state index contributed by atoms with van der Waals surface area (Å²) in [6.45, 7) is 3.97. The zero-order valence-electron chi connectivity index (χ0n) is 16.8. The first-order valence-corrected chi connectivity index (χ1v) is 11.0. The number of halogens is 1. The van der Waals surface area contributed by atoms with Crippen LogP contribution < -0.4 is 10.0 Å². The van der Waals surface area contributed by atoms with Crippen molar-refractivity contribution in [2.45, 2.75) is 31.7 Å². The number of amides is 1. The lowest BCUT2D eigenvalue weighted by Crippen LogP contribution is -2.24.